The van der Waals surface area contributed by atoms with Crippen LogP contribution in [0.2, 0.25) is 5.02 Å². The summed E-state index contributed by atoms with van der Waals surface area (Å²) in [5, 5.41) is 20.1. The molecular formula is C20H14ClN3O3. The van der Waals surface area contributed by atoms with Crippen LogP contribution < -0.4 is 0 Å². The molecular weight excluding hydrogens is 366 g/mol. The Balaban J connectivity index is 1.68. The maximum absolute atomic E-state index is 11.8. The predicted molar refractivity (Wildman–Crippen MR) is 103 cm³/mol. The first-order valence-corrected chi connectivity index (χ1v) is 8.32. The molecule has 0 aliphatic carbocycles. The molecule has 3 aromatic rings. The number of allylic oxidation sites excluding steroid dienone is 1. The quantitative estimate of drug-likeness (QED) is 0.298. The van der Waals surface area contributed by atoms with Gasteiger partial charge in [-0.15, -0.1) is 0 Å². The average Bonchev–Trinajstić information content (AvgIpc) is 3.10. The Hall–Kier alpha value is -3.56. The number of aromatic amines is 1. The molecule has 0 aliphatic rings. The molecule has 6 nitrogen and oxygen atoms in total. The standard InChI is InChI=1S/C20H14ClN3O3/c21-14-8-5-13(6-9-14)7-10-19(26)27-12-18(25)15(11-22)20-23-16-3-1-2-4-17(16)24-20/h1-10,25H,12H2,(H,23,24)/b10-7?,18-15-. The molecule has 0 aliphatic heterocycles. The predicted octanol–water partition coefficient (Wildman–Crippen LogP) is 4.27. The number of nitrogens with one attached hydrogen (secondary N) is 1. The lowest BCUT2D eigenvalue weighted by atomic mass is 10.2. The van der Waals surface area contributed by atoms with E-state index in [0.29, 0.717) is 10.5 Å². The summed E-state index contributed by atoms with van der Waals surface area (Å²) in [4.78, 5) is 19.0. The minimum absolute atomic E-state index is 0.0827. The smallest absolute Gasteiger partial charge is 0.331 e. The molecule has 3 rings (SSSR count). The van der Waals surface area contributed by atoms with E-state index < -0.39 is 12.6 Å². The number of carbonyl (C=O) groups is 1. The summed E-state index contributed by atoms with van der Waals surface area (Å²) in [6.07, 6.45) is 2.79. The number of esters is 1. The van der Waals surface area contributed by atoms with Crippen LogP contribution in [0.4, 0.5) is 0 Å². The van der Waals surface area contributed by atoms with Crippen molar-refractivity contribution < 1.29 is 14.6 Å². The van der Waals surface area contributed by atoms with E-state index in [1.54, 1.807) is 42.5 Å². The number of carbonyl (C=O) groups excluding carboxylic acids is 1. The van der Waals surface area contributed by atoms with E-state index in [1.165, 1.54) is 6.08 Å². The number of ether oxygens (including phenoxy) is 1. The summed E-state index contributed by atoms with van der Waals surface area (Å²) in [6, 6.07) is 16.0. The van der Waals surface area contributed by atoms with E-state index in [4.69, 9.17) is 16.3 Å². The molecule has 2 N–H and O–H groups in total. The monoisotopic (exact) mass is 379 g/mol. The lowest BCUT2D eigenvalue weighted by Gasteiger charge is -2.03. The number of aliphatic hydroxyl groups excluding tert-OH is 1. The summed E-state index contributed by atoms with van der Waals surface area (Å²) in [6.45, 7) is -0.441. The van der Waals surface area contributed by atoms with Crippen LogP contribution in [-0.2, 0) is 9.53 Å². The van der Waals surface area contributed by atoms with Crippen LogP contribution in [0.15, 0.2) is 60.4 Å². The van der Waals surface area contributed by atoms with Gasteiger partial charge >= 0.3 is 5.97 Å². The maximum atomic E-state index is 11.8. The Morgan fingerprint density at radius 1 is 1.26 bits per heavy atom. The number of aliphatic hydroxyl groups is 1. The Labute approximate surface area is 160 Å². The van der Waals surface area contributed by atoms with Crippen molar-refractivity contribution in [3.05, 3.63) is 76.8 Å². The van der Waals surface area contributed by atoms with Gasteiger partial charge in [0.1, 0.15) is 18.2 Å². The molecule has 0 bridgehead atoms. The third-order valence-electron chi connectivity index (χ3n) is 3.66. The highest BCUT2D eigenvalue weighted by molar-refractivity contribution is 6.30. The number of hydrogen-bond acceptors (Lipinski definition) is 5. The second-order valence-corrected chi connectivity index (χ2v) is 5.97. The number of hydrogen-bond donors (Lipinski definition) is 2. The highest BCUT2D eigenvalue weighted by Crippen LogP contribution is 2.18. The first-order valence-electron chi connectivity index (χ1n) is 7.94. The molecule has 0 saturated carbocycles. The largest absolute Gasteiger partial charge is 0.507 e. The van der Waals surface area contributed by atoms with Gasteiger partial charge in [0.05, 0.1) is 11.0 Å². The number of aromatic nitrogens is 2. The van der Waals surface area contributed by atoms with Crippen LogP contribution in [0.3, 0.4) is 0 Å². The molecule has 0 amide bonds. The highest BCUT2D eigenvalue weighted by Gasteiger charge is 2.14. The van der Waals surface area contributed by atoms with Crippen molar-refractivity contribution in [1.82, 2.24) is 9.97 Å². The molecule has 0 saturated heterocycles. The van der Waals surface area contributed by atoms with Gasteiger partial charge in [0, 0.05) is 11.1 Å². The number of nitrogens with zero attached hydrogens (tertiary/aromatic N) is 2. The van der Waals surface area contributed by atoms with Crippen molar-refractivity contribution in [3.63, 3.8) is 0 Å². The van der Waals surface area contributed by atoms with Crippen molar-refractivity contribution in [1.29, 1.82) is 5.26 Å². The number of nitriles is 1. The summed E-state index contributed by atoms with van der Waals surface area (Å²) >= 11 is 5.80. The lowest BCUT2D eigenvalue weighted by molar-refractivity contribution is -0.137. The molecule has 0 fully saturated rings. The molecule has 0 spiro atoms. The number of rotatable bonds is 5. The summed E-state index contributed by atoms with van der Waals surface area (Å²) < 4.78 is 4.98. The second-order valence-electron chi connectivity index (χ2n) is 5.53. The van der Waals surface area contributed by atoms with Crippen molar-refractivity contribution in [2.75, 3.05) is 6.61 Å². The van der Waals surface area contributed by atoms with Crippen LogP contribution in [-0.4, -0.2) is 27.7 Å². The van der Waals surface area contributed by atoms with Crippen molar-refractivity contribution in [2.45, 2.75) is 0 Å². The van der Waals surface area contributed by atoms with Crippen molar-refractivity contribution >= 4 is 40.3 Å². The number of imidazole rings is 1. The molecule has 27 heavy (non-hydrogen) atoms. The van der Waals surface area contributed by atoms with Crippen LogP contribution in [0.1, 0.15) is 11.4 Å². The van der Waals surface area contributed by atoms with E-state index in [-0.39, 0.29) is 17.2 Å². The SMILES string of the molecule is N#C/C(=C(/O)COC(=O)C=Cc1ccc(Cl)cc1)c1nc2ccccc2[nH]1. The number of benzene rings is 2. The lowest BCUT2D eigenvalue weighted by Crippen LogP contribution is -2.06. The highest BCUT2D eigenvalue weighted by atomic mass is 35.5. The fourth-order valence-electron chi connectivity index (χ4n) is 2.32. The van der Waals surface area contributed by atoms with Crippen LogP contribution in [0, 0.1) is 11.3 Å². The molecule has 0 radical (unpaired) electrons. The first-order chi connectivity index (χ1) is 13.1. The zero-order valence-corrected chi connectivity index (χ0v) is 14.8. The average molecular weight is 380 g/mol. The van der Waals surface area contributed by atoms with Gasteiger partial charge in [0.25, 0.3) is 0 Å². The maximum Gasteiger partial charge on any atom is 0.331 e. The van der Waals surface area contributed by atoms with E-state index in [1.807, 2.05) is 18.2 Å². The van der Waals surface area contributed by atoms with Crippen LogP contribution in [0.25, 0.3) is 22.7 Å². The number of H-pyrrole nitrogens is 1. The fourth-order valence-corrected chi connectivity index (χ4v) is 2.45. The van der Waals surface area contributed by atoms with E-state index in [0.717, 1.165) is 11.1 Å². The van der Waals surface area contributed by atoms with Crippen LogP contribution in [0.5, 0.6) is 0 Å². The third-order valence-corrected chi connectivity index (χ3v) is 3.91. The molecule has 1 heterocycles. The molecule has 0 atom stereocenters. The van der Waals surface area contributed by atoms with E-state index >= 15 is 0 Å². The Morgan fingerprint density at radius 3 is 2.70 bits per heavy atom. The molecule has 0 unspecified atom stereocenters. The van der Waals surface area contributed by atoms with Gasteiger partial charge in [0.15, 0.2) is 11.6 Å². The molecule has 7 heteroatoms. The third kappa shape index (κ3) is 4.54. The zero-order valence-electron chi connectivity index (χ0n) is 14.0. The number of halogens is 1. The van der Waals surface area contributed by atoms with Gasteiger partial charge < -0.3 is 14.8 Å². The Kier molecular flexibility index (Phi) is 5.55. The number of fused-ring (bicyclic) bond motifs is 1. The van der Waals surface area contributed by atoms with Gasteiger partial charge in [0.2, 0.25) is 0 Å². The second kappa shape index (κ2) is 8.21. The molecule has 1 aromatic heterocycles. The summed E-state index contributed by atoms with van der Waals surface area (Å²) in [5.41, 5.74) is 2.09. The first kappa shape index (κ1) is 18.2. The Bertz CT molecular complexity index is 1040. The van der Waals surface area contributed by atoms with Crippen LogP contribution >= 0.6 is 11.6 Å². The van der Waals surface area contributed by atoms with Crippen molar-refractivity contribution in [3.8, 4) is 6.07 Å². The molecule has 2 aromatic carbocycles. The van der Waals surface area contributed by atoms with Gasteiger partial charge in [-0.05, 0) is 35.9 Å². The fraction of sp³-hybridized carbons (Fsp3) is 0.0500. The topological polar surface area (TPSA) is 99.0 Å². The van der Waals surface area contributed by atoms with Gasteiger partial charge in [-0.3, -0.25) is 0 Å². The molecule has 134 valence electrons. The normalized spacial score (nSPS) is 12.0. The van der Waals surface area contributed by atoms with Gasteiger partial charge in [-0.2, -0.15) is 5.26 Å². The summed E-state index contributed by atoms with van der Waals surface area (Å²) in [7, 11) is 0. The summed E-state index contributed by atoms with van der Waals surface area (Å²) in [5.74, 6) is -0.827. The zero-order chi connectivity index (χ0) is 19.2. The number of para-hydroxylation sites is 2. The van der Waals surface area contributed by atoms with E-state index in [2.05, 4.69) is 9.97 Å². The van der Waals surface area contributed by atoms with Gasteiger partial charge in [-0.25, -0.2) is 9.78 Å². The van der Waals surface area contributed by atoms with E-state index in [9.17, 15) is 15.2 Å². The van der Waals surface area contributed by atoms with Crippen molar-refractivity contribution in [2.24, 2.45) is 0 Å². The van der Waals surface area contributed by atoms with Gasteiger partial charge in [-0.1, -0.05) is 35.9 Å². The minimum atomic E-state index is -0.654. The Morgan fingerprint density at radius 2 is 2.00 bits per heavy atom. The minimum Gasteiger partial charge on any atom is -0.507 e.